The van der Waals surface area contributed by atoms with E-state index in [1.54, 1.807) is 0 Å². The molecule has 5 heteroatoms. The second-order valence-electron chi connectivity index (χ2n) is 5.42. The molecule has 0 amide bonds. The Labute approximate surface area is 130 Å². The van der Waals surface area contributed by atoms with Crippen molar-refractivity contribution < 1.29 is 0 Å². The van der Waals surface area contributed by atoms with E-state index in [0.717, 1.165) is 42.6 Å². The SMILES string of the molecule is CN=C(NCCc1c[nH]c2ccc(Cl)cc12)N1CCCC1. The molecule has 1 aliphatic rings. The predicted octanol–water partition coefficient (Wildman–Crippen LogP) is 3.04. The van der Waals surface area contributed by atoms with E-state index in [9.17, 15) is 0 Å². The van der Waals surface area contributed by atoms with Crippen LogP contribution in [0.5, 0.6) is 0 Å². The summed E-state index contributed by atoms with van der Waals surface area (Å²) >= 11 is 6.09. The number of halogens is 1. The minimum Gasteiger partial charge on any atom is -0.361 e. The summed E-state index contributed by atoms with van der Waals surface area (Å²) in [5.74, 6) is 1.02. The number of nitrogens with one attached hydrogen (secondary N) is 2. The van der Waals surface area contributed by atoms with Crippen LogP contribution in [0.2, 0.25) is 5.02 Å². The molecule has 1 saturated heterocycles. The number of aliphatic imine (C=N–C) groups is 1. The van der Waals surface area contributed by atoms with Gasteiger partial charge in [0.05, 0.1) is 0 Å². The molecular formula is C16H21ClN4. The molecular weight excluding hydrogens is 284 g/mol. The first kappa shape index (κ1) is 14.3. The van der Waals surface area contributed by atoms with Gasteiger partial charge in [0.15, 0.2) is 5.96 Å². The van der Waals surface area contributed by atoms with Crippen LogP contribution in [0.15, 0.2) is 29.4 Å². The van der Waals surface area contributed by atoms with Crippen LogP contribution in [0.25, 0.3) is 10.9 Å². The van der Waals surface area contributed by atoms with Crippen LogP contribution in [0.4, 0.5) is 0 Å². The molecule has 2 heterocycles. The van der Waals surface area contributed by atoms with Crippen molar-refractivity contribution in [3.05, 3.63) is 35.0 Å². The van der Waals surface area contributed by atoms with Gasteiger partial charge in [-0.05, 0) is 43.0 Å². The quantitative estimate of drug-likeness (QED) is 0.676. The van der Waals surface area contributed by atoms with Crippen molar-refractivity contribution in [2.45, 2.75) is 19.3 Å². The first-order valence-electron chi connectivity index (χ1n) is 7.49. The lowest BCUT2D eigenvalue weighted by atomic mass is 10.1. The van der Waals surface area contributed by atoms with Crippen molar-refractivity contribution in [2.24, 2.45) is 4.99 Å². The van der Waals surface area contributed by atoms with Crippen LogP contribution in [-0.4, -0.2) is 42.5 Å². The van der Waals surface area contributed by atoms with Gasteiger partial charge in [-0.25, -0.2) is 0 Å². The van der Waals surface area contributed by atoms with Gasteiger partial charge in [0.1, 0.15) is 0 Å². The van der Waals surface area contributed by atoms with Gasteiger partial charge in [0.2, 0.25) is 0 Å². The lowest BCUT2D eigenvalue weighted by Crippen LogP contribution is -2.40. The molecule has 112 valence electrons. The highest BCUT2D eigenvalue weighted by atomic mass is 35.5. The fraction of sp³-hybridized carbons (Fsp3) is 0.438. The number of hydrogen-bond acceptors (Lipinski definition) is 1. The number of aromatic amines is 1. The zero-order chi connectivity index (χ0) is 14.7. The highest BCUT2D eigenvalue weighted by molar-refractivity contribution is 6.31. The maximum Gasteiger partial charge on any atom is 0.193 e. The van der Waals surface area contributed by atoms with Gasteiger partial charge in [0.25, 0.3) is 0 Å². The van der Waals surface area contributed by atoms with E-state index in [1.165, 1.54) is 23.8 Å². The second-order valence-corrected chi connectivity index (χ2v) is 5.86. The number of rotatable bonds is 3. The fourth-order valence-electron chi connectivity index (χ4n) is 2.93. The number of hydrogen-bond donors (Lipinski definition) is 2. The Morgan fingerprint density at radius 1 is 1.38 bits per heavy atom. The molecule has 0 radical (unpaired) electrons. The van der Waals surface area contributed by atoms with Crippen molar-refractivity contribution in [1.82, 2.24) is 15.2 Å². The molecule has 1 aromatic carbocycles. The third-order valence-corrected chi connectivity index (χ3v) is 4.26. The lowest BCUT2D eigenvalue weighted by molar-refractivity contribution is 0.494. The highest BCUT2D eigenvalue weighted by Gasteiger charge is 2.15. The summed E-state index contributed by atoms with van der Waals surface area (Å²) in [5.41, 5.74) is 2.43. The molecule has 0 bridgehead atoms. The first-order valence-corrected chi connectivity index (χ1v) is 7.87. The smallest absolute Gasteiger partial charge is 0.193 e. The fourth-order valence-corrected chi connectivity index (χ4v) is 3.10. The second kappa shape index (κ2) is 6.39. The summed E-state index contributed by atoms with van der Waals surface area (Å²) in [6.45, 7) is 3.10. The minimum atomic E-state index is 0.782. The molecule has 0 aliphatic carbocycles. The normalized spacial score (nSPS) is 15.9. The molecule has 2 N–H and O–H groups in total. The maximum atomic E-state index is 6.09. The average molecular weight is 305 g/mol. The monoisotopic (exact) mass is 304 g/mol. The zero-order valence-corrected chi connectivity index (χ0v) is 13.1. The minimum absolute atomic E-state index is 0.782. The highest BCUT2D eigenvalue weighted by Crippen LogP contribution is 2.22. The van der Waals surface area contributed by atoms with Crippen LogP contribution < -0.4 is 5.32 Å². The van der Waals surface area contributed by atoms with E-state index >= 15 is 0 Å². The molecule has 4 nitrogen and oxygen atoms in total. The predicted molar refractivity (Wildman–Crippen MR) is 89.2 cm³/mol. The van der Waals surface area contributed by atoms with E-state index in [0.29, 0.717) is 0 Å². The summed E-state index contributed by atoms with van der Waals surface area (Å²) in [4.78, 5) is 9.99. The Bertz CT molecular complexity index is 641. The van der Waals surface area contributed by atoms with E-state index < -0.39 is 0 Å². The summed E-state index contributed by atoms with van der Waals surface area (Å²) < 4.78 is 0. The number of nitrogens with zero attached hydrogens (tertiary/aromatic N) is 2. The van der Waals surface area contributed by atoms with E-state index in [1.807, 2.05) is 25.2 Å². The Morgan fingerprint density at radius 2 is 2.19 bits per heavy atom. The molecule has 1 aliphatic heterocycles. The van der Waals surface area contributed by atoms with Gasteiger partial charge in [-0.15, -0.1) is 0 Å². The molecule has 2 aromatic rings. The van der Waals surface area contributed by atoms with Gasteiger partial charge in [-0.1, -0.05) is 11.6 Å². The Balaban J connectivity index is 1.62. The number of aromatic nitrogens is 1. The maximum absolute atomic E-state index is 6.09. The lowest BCUT2D eigenvalue weighted by Gasteiger charge is -2.20. The van der Waals surface area contributed by atoms with Crippen molar-refractivity contribution in [3.63, 3.8) is 0 Å². The number of fused-ring (bicyclic) bond motifs is 1. The Kier molecular flexibility index (Phi) is 4.34. The summed E-state index contributed by atoms with van der Waals surface area (Å²) in [5, 5.41) is 5.45. The molecule has 0 unspecified atom stereocenters. The molecule has 3 rings (SSSR count). The van der Waals surface area contributed by atoms with Gasteiger partial charge >= 0.3 is 0 Å². The first-order chi connectivity index (χ1) is 10.3. The molecule has 21 heavy (non-hydrogen) atoms. The zero-order valence-electron chi connectivity index (χ0n) is 12.3. The van der Waals surface area contributed by atoms with E-state index in [4.69, 9.17) is 11.6 Å². The number of likely N-dealkylation sites (tertiary alicyclic amines) is 1. The van der Waals surface area contributed by atoms with Gasteiger partial charge in [-0.2, -0.15) is 0 Å². The van der Waals surface area contributed by atoms with Crippen molar-refractivity contribution >= 4 is 28.5 Å². The van der Waals surface area contributed by atoms with Crippen LogP contribution in [0.3, 0.4) is 0 Å². The van der Waals surface area contributed by atoms with Crippen LogP contribution in [-0.2, 0) is 6.42 Å². The Morgan fingerprint density at radius 3 is 2.95 bits per heavy atom. The third kappa shape index (κ3) is 3.16. The standard InChI is InChI=1S/C16H21ClN4/c1-18-16(21-8-2-3-9-21)19-7-6-12-11-20-15-5-4-13(17)10-14(12)15/h4-5,10-11,20H,2-3,6-9H2,1H3,(H,18,19). The van der Waals surface area contributed by atoms with Crippen molar-refractivity contribution in [2.75, 3.05) is 26.7 Å². The van der Waals surface area contributed by atoms with Crippen LogP contribution in [0, 0.1) is 0 Å². The van der Waals surface area contributed by atoms with Crippen molar-refractivity contribution in [1.29, 1.82) is 0 Å². The number of H-pyrrole nitrogens is 1. The summed E-state index contributed by atoms with van der Waals surface area (Å²) in [6.07, 6.45) is 5.55. The molecule has 1 fully saturated rings. The Hall–Kier alpha value is -1.68. The van der Waals surface area contributed by atoms with Gasteiger partial charge in [-0.3, -0.25) is 4.99 Å². The number of benzene rings is 1. The number of guanidine groups is 1. The largest absolute Gasteiger partial charge is 0.361 e. The van der Waals surface area contributed by atoms with Gasteiger partial charge in [0, 0.05) is 48.8 Å². The summed E-state index contributed by atoms with van der Waals surface area (Å²) in [7, 11) is 1.85. The van der Waals surface area contributed by atoms with E-state index in [-0.39, 0.29) is 0 Å². The van der Waals surface area contributed by atoms with Crippen LogP contribution >= 0.6 is 11.6 Å². The molecule has 1 aromatic heterocycles. The average Bonchev–Trinajstić information content (AvgIpc) is 3.13. The van der Waals surface area contributed by atoms with E-state index in [2.05, 4.69) is 26.4 Å². The van der Waals surface area contributed by atoms with Crippen LogP contribution in [0.1, 0.15) is 18.4 Å². The molecule has 0 atom stereocenters. The third-order valence-electron chi connectivity index (χ3n) is 4.02. The molecule has 0 saturated carbocycles. The van der Waals surface area contributed by atoms with Crippen molar-refractivity contribution in [3.8, 4) is 0 Å². The molecule has 0 spiro atoms. The topological polar surface area (TPSA) is 43.4 Å². The van der Waals surface area contributed by atoms with Gasteiger partial charge < -0.3 is 15.2 Å². The summed E-state index contributed by atoms with van der Waals surface area (Å²) in [6, 6.07) is 5.97.